The highest BCUT2D eigenvalue weighted by molar-refractivity contribution is 5.87. The summed E-state index contributed by atoms with van der Waals surface area (Å²) in [7, 11) is 0. The first-order valence-electron chi connectivity index (χ1n) is 6.23. The number of hydrogen-bond donors (Lipinski definition) is 3. The molecule has 4 heteroatoms. The third-order valence-corrected chi connectivity index (χ3v) is 1.67. The van der Waals surface area contributed by atoms with Gasteiger partial charge in [0.15, 0.2) is 0 Å². The van der Waals surface area contributed by atoms with Gasteiger partial charge in [0.25, 0.3) is 0 Å². The molecule has 0 aliphatic rings. The molecule has 0 amide bonds. The highest BCUT2D eigenvalue weighted by atomic mass is 16.4. The Bertz CT molecular complexity index is 694. The molecule has 0 unspecified atom stereocenters. The number of benzene rings is 1. The fraction of sp³-hybridized carbons (Fsp3) is 0.100. The fourth-order valence-electron chi connectivity index (χ4n) is 1.12. The van der Waals surface area contributed by atoms with Crippen LogP contribution in [0, 0.1) is 0 Å². The number of rotatable bonds is 2. The fourth-order valence-corrected chi connectivity index (χ4v) is 1.12. The van der Waals surface area contributed by atoms with Crippen LogP contribution in [0.2, 0.25) is 0 Å². The van der Waals surface area contributed by atoms with E-state index in [-0.39, 0.29) is 16.9 Å². The van der Waals surface area contributed by atoms with Crippen LogP contribution in [0.5, 0.6) is 5.75 Å². The van der Waals surface area contributed by atoms with E-state index in [1.807, 2.05) is 0 Å². The lowest BCUT2D eigenvalue weighted by Crippen LogP contribution is -1.98. The molecule has 72 valence electrons. The first kappa shape index (κ1) is 4.50. The zero-order chi connectivity index (χ0) is 14.5. The Balaban J connectivity index is 2.94. The summed E-state index contributed by atoms with van der Waals surface area (Å²) in [6.45, 7) is 0. The molecule has 0 bridgehead atoms. The second kappa shape index (κ2) is 3.06. The summed E-state index contributed by atoms with van der Waals surface area (Å²) in [6.07, 6.45) is -3.37. The number of nitrogens with one attached hydrogen (secondary N) is 1. The number of aromatic amines is 1. The minimum Gasteiger partial charge on any atom is -0.508 e. The van der Waals surface area contributed by atoms with Crippen molar-refractivity contribution < 1.29 is 21.9 Å². The average Bonchev–Trinajstić information content (AvgIpc) is 2.63. The number of H-pyrrole nitrogens is 1. The molecule has 4 nitrogen and oxygen atoms in total. The Morgan fingerprint density at radius 2 is 2.50 bits per heavy atom. The predicted octanol–water partition coefficient (Wildman–Crippen LogP) is 1.50. The van der Waals surface area contributed by atoms with Crippen LogP contribution in [-0.4, -0.2) is 21.2 Å². The minimum absolute atomic E-state index is 0.0675. The zero-order valence-corrected chi connectivity index (χ0v) is 6.88. The van der Waals surface area contributed by atoms with Gasteiger partial charge in [0.05, 0.1) is 10.5 Å². The smallest absolute Gasteiger partial charge is 0.307 e. The van der Waals surface area contributed by atoms with E-state index in [1.54, 1.807) is 0 Å². The van der Waals surface area contributed by atoms with Crippen LogP contribution in [-0.2, 0) is 11.2 Å². The van der Waals surface area contributed by atoms with Crippen LogP contribution in [0.1, 0.15) is 12.4 Å². The van der Waals surface area contributed by atoms with E-state index < -0.39 is 35.9 Å². The van der Waals surface area contributed by atoms with E-state index in [1.165, 1.54) is 0 Å². The lowest BCUT2D eigenvalue weighted by Gasteiger charge is -1.95. The summed E-state index contributed by atoms with van der Waals surface area (Å²) < 4.78 is 37.7. The molecular formula is C10H9NO3. The van der Waals surface area contributed by atoms with Crippen molar-refractivity contribution in [3.8, 4) is 5.75 Å². The van der Waals surface area contributed by atoms with Crippen LogP contribution >= 0.6 is 0 Å². The van der Waals surface area contributed by atoms with E-state index in [4.69, 9.17) is 12.0 Å². The van der Waals surface area contributed by atoms with Gasteiger partial charge < -0.3 is 15.2 Å². The van der Waals surface area contributed by atoms with Crippen molar-refractivity contribution in [3.05, 3.63) is 29.9 Å². The van der Waals surface area contributed by atoms with E-state index in [9.17, 15) is 9.90 Å². The molecule has 0 atom stereocenters. The van der Waals surface area contributed by atoms with Gasteiger partial charge in [-0.2, -0.15) is 0 Å². The summed E-state index contributed by atoms with van der Waals surface area (Å²) in [4.78, 5) is 13.4. The van der Waals surface area contributed by atoms with Gasteiger partial charge in [0, 0.05) is 19.8 Å². The molecule has 0 aliphatic heterocycles. The second-order valence-corrected chi connectivity index (χ2v) is 2.61. The summed E-state index contributed by atoms with van der Waals surface area (Å²) in [6, 6.07) is 0.181. The number of aliphatic carboxylic acids is 1. The van der Waals surface area contributed by atoms with Crippen LogP contribution in [0.25, 0.3) is 10.9 Å². The maximum Gasteiger partial charge on any atom is 0.307 e. The van der Waals surface area contributed by atoms with Crippen molar-refractivity contribution in [2.24, 2.45) is 0 Å². The molecule has 14 heavy (non-hydrogen) atoms. The number of phenols is 1. The normalized spacial score (nSPS) is 16.7. The minimum atomic E-state index is -2.87. The van der Waals surface area contributed by atoms with Gasteiger partial charge in [-0.15, -0.1) is 0 Å². The third-order valence-electron chi connectivity index (χ3n) is 1.67. The van der Waals surface area contributed by atoms with Crippen molar-refractivity contribution in [1.29, 1.82) is 0 Å². The Hall–Kier alpha value is -1.97. The number of fused-ring (bicyclic) bond motifs is 1. The van der Waals surface area contributed by atoms with Crippen molar-refractivity contribution in [2.75, 3.05) is 0 Å². The average molecular weight is 196 g/mol. The molecule has 1 heterocycles. The molecule has 1 aromatic heterocycles. The highest BCUT2D eigenvalue weighted by Gasteiger charge is 2.07. The van der Waals surface area contributed by atoms with E-state index >= 15 is 0 Å². The van der Waals surface area contributed by atoms with Crippen molar-refractivity contribution >= 4 is 16.9 Å². The van der Waals surface area contributed by atoms with Crippen LogP contribution < -0.4 is 0 Å². The molecule has 0 saturated heterocycles. The number of phenolic OH excluding ortho intramolecular Hbond substituents is 1. The molecule has 0 fully saturated rings. The van der Waals surface area contributed by atoms with Gasteiger partial charge in [-0.05, 0) is 23.7 Å². The van der Waals surface area contributed by atoms with Gasteiger partial charge in [0.1, 0.15) is 5.75 Å². The molecular weight excluding hydrogens is 182 g/mol. The van der Waals surface area contributed by atoms with E-state index in [0.29, 0.717) is 0 Å². The Morgan fingerprint density at radius 3 is 3.21 bits per heavy atom. The molecule has 3 N–H and O–H groups in total. The van der Waals surface area contributed by atoms with Crippen LogP contribution in [0.15, 0.2) is 24.3 Å². The Morgan fingerprint density at radius 1 is 1.71 bits per heavy atom. The number of aromatic nitrogens is 1. The predicted molar refractivity (Wildman–Crippen MR) is 51.3 cm³/mol. The molecule has 1 aromatic carbocycles. The maximum atomic E-state index is 10.9. The van der Waals surface area contributed by atoms with Crippen molar-refractivity contribution in [3.63, 3.8) is 0 Å². The van der Waals surface area contributed by atoms with Gasteiger partial charge in [-0.3, -0.25) is 4.79 Å². The lowest BCUT2D eigenvalue weighted by atomic mass is 10.1. The molecule has 2 rings (SSSR count). The standard InChI is InChI=1S/C10H9NO3/c12-7-1-2-9-8(4-7)6(5-11-9)3-10(13)14/h1-2,4-5,11-12H,3H2,(H,13,14)/i1D,3D2,4D,5D. The largest absolute Gasteiger partial charge is 0.508 e. The van der Waals surface area contributed by atoms with E-state index in [0.717, 1.165) is 6.07 Å². The molecule has 0 radical (unpaired) electrons. The Kier molecular flexibility index (Phi) is 0.985. The number of carboxylic acids is 1. The van der Waals surface area contributed by atoms with Gasteiger partial charge in [0.2, 0.25) is 0 Å². The van der Waals surface area contributed by atoms with Gasteiger partial charge in [-0.1, -0.05) is 0 Å². The second-order valence-electron chi connectivity index (χ2n) is 2.61. The quantitative estimate of drug-likeness (QED) is 0.681. The van der Waals surface area contributed by atoms with Gasteiger partial charge >= 0.3 is 5.97 Å². The SMILES string of the molecule is [2H]c1cc2[nH]c([2H])c(C([2H])([2H])C(=O)O)c2c([2H])c1O. The molecule has 2 aromatic rings. The topological polar surface area (TPSA) is 73.3 Å². The number of aromatic hydroxyl groups is 1. The van der Waals surface area contributed by atoms with Gasteiger partial charge in [-0.25, -0.2) is 0 Å². The first-order chi connectivity index (χ1) is 8.67. The molecule has 0 aliphatic carbocycles. The summed E-state index contributed by atoms with van der Waals surface area (Å²) in [5.74, 6) is -2.48. The van der Waals surface area contributed by atoms with E-state index in [2.05, 4.69) is 4.98 Å². The number of carbonyl (C=O) groups is 1. The van der Waals surface area contributed by atoms with Crippen LogP contribution in [0.4, 0.5) is 0 Å². The molecule has 0 spiro atoms. The highest BCUT2D eigenvalue weighted by Crippen LogP contribution is 2.23. The lowest BCUT2D eigenvalue weighted by molar-refractivity contribution is -0.136. The monoisotopic (exact) mass is 196 g/mol. The number of carboxylic acid groups (broad SMARTS) is 1. The summed E-state index contributed by atoms with van der Waals surface area (Å²) in [5, 5.41) is 18.2. The summed E-state index contributed by atoms with van der Waals surface area (Å²) in [5.41, 5.74) is -0.465. The van der Waals surface area contributed by atoms with Crippen molar-refractivity contribution in [2.45, 2.75) is 6.37 Å². The number of hydrogen-bond acceptors (Lipinski definition) is 2. The third kappa shape index (κ3) is 1.42. The summed E-state index contributed by atoms with van der Waals surface area (Å²) >= 11 is 0. The zero-order valence-electron chi connectivity index (χ0n) is 11.9. The Labute approximate surface area is 86.8 Å². The van der Waals surface area contributed by atoms with Crippen molar-refractivity contribution in [1.82, 2.24) is 4.98 Å². The van der Waals surface area contributed by atoms with Crippen LogP contribution in [0.3, 0.4) is 0 Å². The maximum absolute atomic E-state index is 10.9. The molecule has 0 saturated carbocycles. The first-order valence-corrected chi connectivity index (χ1v) is 3.73.